The molecule has 9 nitrogen and oxygen atoms in total. The van der Waals surface area contributed by atoms with E-state index in [9.17, 15) is 19.2 Å². The summed E-state index contributed by atoms with van der Waals surface area (Å²) in [7, 11) is 3.18. The molecule has 1 fully saturated rings. The number of thiazole rings is 1. The molecule has 4 atom stereocenters. The first kappa shape index (κ1) is 33.2. The van der Waals surface area contributed by atoms with Crippen molar-refractivity contribution in [2.75, 3.05) is 14.2 Å². The summed E-state index contributed by atoms with van der Waals surface area (Å²) < 4.78 is 10.6. The van der Waals surface area contributed by atoms with Crippen LogP contribution in [0.1, 0.15) is 93.9 Å². The molecule has 2 amide bonds. The Bertz CT molecular complexity index is 1230. The third-order valence-electron chi connectivity index (χ3n) is 8.26. The summed E-state index contributed by atoms with van der Waals surface area (Å²) in [5, 5.41) is 5.19. The summed E-state index contributed by atoms with van der Waals surface area (Å²) in [6.45, 7) is 9.23. The number of amides is 2. The van der Waals surface area contributed by atoms with Crippen LogP contribution >= 0.6 is 11.3 Å². The zero-order chi connectivity index (χ0) is 31.0. The molecule has 3 rings (SSSR count). The Morgan fingerprint density at radius 2 is 1.76 bits per heavy atom. The summed E-state index contributed by atoms with van der Waals surface area (Å²) in [5.41, 5.74) is 0.902. The third-order valence-corrected chi connectivity index (χ3v) is 9.19. The Morgan fingerprint density at radius 1 is 1.10 bits per heavy atom. The van der Waals surface area contributed by atoms with Crippen LogP contribution in [0.15, 0.2) is 35.7 Å². The molecule has 10 heteroatoms. The van der Waals surface area contributed by atoms with E-state index in [0.717, 1.165) is 24.8 Å². The average molecular weight is 600 g/mol. The average Bonchev–Trinajstić information content (AvgIpc) is 3.43. The van der Waals surface area contributed by atoms with E-state index in [0.29, 0.717) is 24.3 Å². The van der Waals surface area contributed by atoms with Gasteiger partial charge in [-0.25, -0.2) is 4.98 Å². The molecule has 230 valence electrons. The lowest BCUT2D eigenvalue weighted by atomic mass is 9.69. The van der Waals surface area contributed by atoms with Crippen molar-refractivity contribution < 1.29 is 28.7 Å². The van der Waals surface area contributed by atoms with E-state index < -0.39 is 18.0 Å². The van der Waals surface area contributed by atoms with Crippen LogP contribution in [0, 0.1) is 17.3 Å². The molecule has 0 radical (unpaired) electrons. The van der Waals surface area contributed by atoms with Crippen molar-refractivity contribution in [2.45, 2.75) is 91.3 Å². The van der Waals surface area contributed by atoms with Crippen LogP contribution in [0.2, 0.25) is 0 Å². The number of hydrogen-bond donors (Lipinski definition) is 1. The highest BCUT2D eigenvalue weighted by atomic mass is 32.1. The molecule has 2 aromatic rings. The van der Waals surface area contributed by atoms with E-state index in [2.05, 4.69) is 10.3 Å². The van der Waals surface area contributed by atoms with Gasteiger partial charge in [0.05, 0.1) is 13.0 Å². The van der Waals surface area contributed by atoms with Gasteiger partial charge in [0.25, 0.3) is 5.91 Å². The number of nitrogens with zero attached hydrogens (tertiary/aromatic N) is 2. The maximum absolute atomic E-state index is 13.4. The predicted octanol–water partition coefficient (Wildman–Crippen LogP) is 5.35. The maximum atomic E-state index is 13.4. The van der Waals surface area contributed by atoms with Crippen LogP contribution in [-0.4, -0.2) is 59.9 Å². The number of ether oxygens (including phenoxy) is 2. The van der Waals surface area contributed by atoms with E-state index in [1.165, 1.54) is 25.4 Å². The summed E-state index contributed by atoms with van der Waals surface area (Å²) in [6.07, 6.45) is 3.41. The van der Waals surface area contributed by atoms with Crippen LogP contribution < -0.4 is 5.32 Å². The number of hydrogen-bond acceptors (Lipinski definition) is 8. The molecular weight excluding hydrogens is 554 g/mol. The number of carbonyl (C=O) groups is 4. The van der Waals surface area contributed by atoms with Gasteiger partial charge in [0.2, 0.25) is 5.91 Å². The minimum absolute atomic E-state index is 0.110. The number of benzene rings is 1. The van der Waals surface area contributed by atoms with Gasteiger partial charge in [-0.05, 0) is 37.2 Å². The van der Waals surface area contributed by atoms with Crippen molar-refractivity contribution >= 4 is 35.1 Å². The van der Waals surface area contributed by atoms with Crippen LogP contribution in [0.3, 0.4) is 0 Å². The number of methoxy groups -OCH3 is 1. The van der Waals surface area contributed by atoms with Crippen LogP contribution in [0.25, 0.3) is 0 Å². The van der Waals surface area contributed by atoms with Crippen molar-refractivity contribution in [1.29, 1.82) is 0 Å². The van der Waals surface area contributed by atoms with Gasteiger partial charge in [0, 0.05) is 43.3 Å². The minimum Gasteiger partial charge on any atom is -0.469 e. The normalized spacial score (nSPS) is 16.9. The van der Waals surface area contributed by atoms with Gasteiger partial charge < -0.3 is 19.7 Å². The van der Waals surface area contributed by atoms with Crippen molar-refractivity contribution in [3.63, 3.8) is 0 Å². The molecule has 0 aliphatic heterocycles. The van der Waals surface area contributed by atoms with Gasteiger partial charge in [0.15, 0.2) is 6.10 Å². The maximum Gasteiger partial charge on any atom is 0.308 e. The summed E-state index contributed by atoms with van der Waals surface area (Å²) >= 11 is 1.25. The zero-order valence-electron chi connectivity index (χ0n) is 25.8. The molecule has 0 unspecified atom stereocenters. The van der Waals surface area contributed by atoms with E-state index in [1.807, 2.05) is 58.2 Å². The van der Waals surface area contributed by atoms with E-state index in [-0.39, 0.29) is 46.9 Å². The van der Waals surface area contributed by atoms with E-state index >= 15 is 0 Å². The first-order chi connectivity index (χ1) is 19.8. The first-order valence-electron chi connectivity index (χ1n) is 14.7. The third kappa shape index (κ3) is 8.63. The van der Waals surface area contributed by atoms with E-state index in [4.69, 9.17) is 9.47 Å². The number of rotatable bonds is 14. The quantitative estimate of drug-likeness (QED) is 0.291. The lowest BCUT2D eigenvalue weighted by Crippen LogP contribution is -2.50. The van der Waals surface area contributed by atoms with Crippen molar-refractivity contribution in [3.05, 3.63) is 52.0 Å². The summed E-state index contributed by atoms with van der Waals surface area (Å²) in [5.74, 6) is -1.35. The van der Waals surface area contributed by atoms with Gasteiger partial charge in [-0.1, -0.05) is 64.4 Å². The van der Waals surface area contributed by atoms with Crippen LogP contribution in [0.5, 0.6) is 0 Å². The smallest absolute Gasteiger partial charge is 0.308 e. The first-order valence-corrected chi connectivity index (χ1v) is 15.5. The second kappa shape index (κ2) is 14.8. The molecule has 1 aliphatic carbocycles. The summed E-state index contributed by atoms with van der Waals surface area (Å²) in [4.78, 5) is 57.3. The lowest BCUT2D eigenvalue weighted by molar-refractivity contribution is -0.152. The number of nitrogens with one attached hydrogen (secondary N) is 1. The molecule has 1 saturated carbocycles. The molecule has 1 aromatic heterocycles. The number of aromatic nitrogens is 1. The van der Waals surface area contributed by atoms with Gasteiger partial charge in [0.1, 0.15) is 10.7 Å². The Labute approximate surface area is 253 Å². The topological polar surface area (TPSA) is 115 Å². The fourth-order valence-electron chi connectivity index (χ4n) is 5.61. The summed E-state index contributed by atoms with van der Waals surface area (Å²) in [6, 6.07) is 9.23. The molecule has 42 heavy (non-hydrogen) atoms. The highest BCUT2D eigenvalue weighted by Gasteiger charge is 2.43. The molecule has 1 aliphatic rings. The Kier molecular flexibility index (Phi) is 11.7. The lowest BCUT2D eigenvalue weighted by Gasteiger charge is -2.43. The Morgan fingerprint density at radius 3 is 2.31 bits per heavy atom. The van der Waals surface area contributed by atoms with Gasteiger partial charge in [-0.2, -0.15) is 0 Å². The highest BCUT2D eigenvalue weighted by molar-refractivity contribution is 7.09. The Hall–Kier alpha value is -3.27. The van der Waals surface area contributed by atoms with E-state index in [1.54, 1.807) is 17.2 Å². The molecule has 0 saturated heterocycles. The van der Waals surface area contributed by atoms with Gasteiger partial charge >= 0.3 is 11.9 Å². The Balaban J connectivity index is 1.78. The highest BCUT2D eigenvalue weighted by Crippen LogP contribution is 2.43. The minimum atomic E-state index is -0.703. The SMILES string of the molecule is COC(=O)[C@@H](C)C[C@H](Cc1ccccc1)NC(=O)c1csc([C@@H](C[C@H](C(C)C)N(C)C(=O)C2(C)CCC2)OC(C)=O)n1. The fourth-order valence-corrected chi connectivity index (χ4v) is 6.45. The standard InChI is InChI=1S/C32H45N3O6S/c1-20(2)26(35(6)31(39)32(5)14-11-15-32)18-27(41-22(4)36)29-34-25(19-42-29)28(37)33-24(16-21(3)30(38)40-7)17-23-12-9-8-10-13-23/h8-10,12-13,19-21,24,26-27H,11,14-18H2,1-7H3,(H,33,37)/t21-,24+,26+,27+/m0/s1. The predicted molar refractivity (Wildman–Crippen MR) is 162 cm³/mol. The van der Waals surface area contributed by atoms with Gasteiger partial charge in [-0.3, -0.25) is 19.2 Å². The van der Waals surface area contributed by atoms with Crippen LogP contribution in [-0.2, 0) is 30.3 Å². The number of esters is 2. The zero-order valence-corrected chi connectivity index (χ0v) is 26.7. The van der Waals surface area contributed by atoms with Gasteiger partial charge in [-0.15, -0.1) is 11.3 Å². The fraction of sp³-hybridized carbons (Fsp3) is 0.594. The molecule has 1 heterocycles. The number of carbonyl (C=O) groups excluding carboxylic acids is 4. The van der Waals surface area contributed by atoms with Crippen LogP contribution in [0.4, 0.5) is 0 Å². The van der Waals surface area contributed by atoms with Crippen molar-refractivity contribution in [1.82, 2.24) is 15.2 Å². The van der Waals surface area contributed by atoms with Crippen molar-refractivity contribution in [3.8, 4) is 0 Å². The monoisotopic (exact) mass is 599 g/mol. The molecule has 1 aromatic carbocycles. The second-order valence-electron chi connectivity index (χ2n) is 12.1. The van der Waals surface area contributed by atoms with Crippen molar-refractivity contribution in [2.24, 2.45) is 17.3 Å². The second-order valence-corrected chi connectivity index (χ2v) is 13.0. The largest absolute Gasteiger partial charge is 0.469 e. The molecule has 0 bridgehead atoms. The molecule has 0 spiro atoms. The molecular formula is C32H45N3O6S. The molecule has 1 N–H and O–H groups in total.